The van der Waals surface area contributed by atoms with Gasteiger partial charge in [0, 0.05) is 6.04 Å². The van der Waals surface area contributed by atoms with Crippen molar-refractivity contribution < 1.29 is 0 Å². The zero-order chi connectivity index (χ0) is 4.73. The molecule has 0 amide bonds. The van der Waals surface area contributed by atoms with E-state index in [0.717, 1.165) is 10.1 Å². The van der Waals surface area contributed by atoms with Crippen LogP contribution in [-0.4, -0.2) is 22.0 Å². The highest BCUT2D eigenvalue weighted by molar-refractivity contribution is 14.1. The van der Waals surface area contributed by atoms with Gasteiger partial charge < -0.3 is 0 Å². The van der Waals surface area contributed by atoms with Crippen LogP contribution in [0.1, 0.15) is 6.92 Å². The average molecular weight is 197 g/mol. The Labute approximate surface area is 51.8 Å². The van der Waals surface area contributed by atoms with Crippen LogP contribution in [0.3, 0.4) is 0 Å². The van der Waals surface area contributed by atoms with Crippen LogP contribution in [0.4, 0.5) is 0 Å². The van der Waals surface area contributed by atoms with Gasteiger partial charge in [-0.2, -0.15) is 0 Å². The molecule has 0 aromatic heterocycles. The Morgan fingerprint density at radius 3 is 1.83 bits per heavy atom. The predicted octanol–water partition coefficient (Wildman–Crippen LogP) is 1.08. The minimum absolute atomic E-state index is 0.822. The number of rotatable bonds is 0. The molecule has 0 aromatic carbocycles. The molecule has 0 aromatic rings. The van der Waals surface area contributed by atoms with E-state index in [9.17, 15) is 0 Å². The molecule has 1 saturated heterocycles. The molecule has 1 aliphatic heterocycles. The summed E-state index contributed by atoms with van der Waals surface area (Å²) in [5.74, 6) is 0. The second kappa shape index (κ2) is 1.33. The molecular formula is C4H8IN. The molecule has 0 aliphatic carbocycles. The van der Waals surface area contributed by atoms with Crippen molar-refractivity contribution in [3.63, 3.8) is 0 Å². The average Bonchev–Trinajstić information content (AvgIpc) is 1.94. The lowest BCUT2D eigenvalue weighted by molar-refractivity contribution is 0.634. The van der Waals surface area contributed by atoms with Crippen LogP contribution in [0.5, 0.6) is 0 Å². The van der Waals surface area contributed by atoms with E-state index >= 15 is 0 Å². The van der Waals surface area contributed by atoms with Gasteiger partial charge >= 0.3 is 0 Å². The summed E-state index contributed by atoms with van der Waals surface area (Å²) in [6, 6.07) is 0.839. The van der Waals surface area contributed by atoms with Crippen LogP contribution in [-0.2, 0) is 0 Å². The normalized spacial score (nSPS) is 55.5. The number of hydrogen-bond acceptors (Lipinski definition) is 1. The fourth-order valence-corrected chi connectivity index (χ4v) is 1.28. The van der Waals surface area contributed by atoms with Crippen LogP contribution in [0.15, 0.2) is 0 Å². The van der Waals surface area contributed by atoms with Gasteiger partial charge in [-0.1, -0.05) is 22.6 Å². The van der Waals surface area contributed by atoms with Crippen molar-refractivity contribution in [2.75, 3.05) is 7.05 Å². The Bertz CT molecular complexity index is 44.3. The zero-order valence-corrected chi connectivity index (χ0v) is 6.14. The van der Waals surface area contributed by atoms with Gasteiger partial charge in [-0.25, -0.2) is 0 Å². The highest BCUT2D eigenvalue weighted by Crippen LogP contribution is 2.29. The first-order valence-corrected chi connectivity index (χ1v) is 3.34. The van der Waals surface area contributed by atoms with Crippen molar-refractivity contribution in [2.24, 2.45) is 0 Å². The SMILES string of the molecule is CC1C(I)N1C. The fraction of sp³-hybridized carbons (Fsp3) is 1.00. The third kappa shape index (κ3) is 0.559. The van der Waals surface area contributed by atoms with E-state index < -0.39 is 0 Å². The van der Waals surface area contributed by atoms with Crippen LogP contribution >= 0.6 is 22.6 Å². The summed E-state index contributed by atoms with van der Waals surface area (Å²) in [4.78, 5) is 2.32. The monoisotopic (exact) mass is 197 g/mol. The van der Waals surface area contributed by atoms with Gasteiger partial charge in [0.25, 0.3) is 0 Å². The number of hydrogen-bond donors (Lipinski definition) is 0. The Morgan fingerprint density at radius 2 is 1.83 bits per heavy atom. The van der Waals surface area contributed by atoms with E-state index in [-0.39, 0.29) is 0 Å². The summed E-state index contributed by atoms with van der Waals surface area (Å²) in [5, 5.41) is 0. The molecule has 0 radical (unpaired) electrons. The molecule has 1 rings (SSSR count). The van der Waals surface area contributed by atoms with Crippen molar-refractivity contribution in [3.05, 3.63) is 0 Å². The molecule has 1 nitrogen and oxygen atoms in total. The standard InChI is InChI=1S/C4H8IN/c1-3-4(5)6(3)2/h3-4H,1-2H3. The third-order valence-corrected chi connectivity index (χ3v) is 3.26. The molecule has 0 N–H and O–H groups in total. The smallest absolute Gasteiger partial charge is 0.0774 e. The van der Waals surface area contributed by atoms with Crippen molar-refractivity contribution in [1.82, 2.24) is 4.90 Å². The molecule has 36 valence electrons. The number of halogens is 1. The van der Waals surface area contributed by atoms with Crippen molar-refractivity contribution >= 4 is 22.6 Å². The Hall–Kier alpha value is 0.690. The second-order valence-corrected chi connectivity index (χ2v) is 3.05. The molecule has 3 unspecified atom stereocenters. The van der Waals surface area contributed by atoms with Gasteiger partial charge in [0.15, 0.2) is 0 Å². The van der Waals surface area contributed by atoms with E-state index in [1.165, 1.54) is 0 Å². The van der Waals surface area contributed by atoms with Gasteiger partial charge in [0.1, 0.15) is 0 Å². The maximum atomic E-state index is 2.43. The van der Waals surface area contributed by atoms with Gasteiger partial charge in [-0.3, -0.25) is 4.90 Å². The maximum absolute atomic E-state index is 2.43. The van der Waals surface area contributed by atoms with Crippen LogP contribution in [0, 0.1) is 0 Å². The Morgan fingerprint density at radius 1 is 1.67 bits per heavy atom. The lowest BCUT2D eigenvalue weighted by atomic mass is 10.6. The molecule has 1 fully saturated rings. The first-order chi connectivity index (χ1) is 2.73. The van der Waals surface area contributed by atoms with Crippen molar-refractivity contribution in [3.8, 4) is 0 Å². The summed E-state index contributed by atoms with van der Waals surface area (Å²) in [7, 11) is 2.14. The van der Waals surface area contributed by atoms with E-state index in [4.69, 9.17) is 0 Å². The molecule has 0 spiro atoms. The van der Waals surface area contributed by atoms with Crippen LogP contribution in [0.25, 0.3) is 0 Å². The molecule has 3 atom stereocenters. The minimum atomic E-state index is 0.822. The third-order valence-electron chi connectivity index (χ3n) is 1.34. The summed E-state index contributed by atoms with van der Waals surface area (Å²) in [6.07, 6.45) is 0. The molecule has 6 heavy (non-hydrogen) atoms. The van der Waals surface area contributed by atoms with E-state index in [1.54, 1.807) is 0 Å². The summed E-state index contributed by atoms with van der Waals surface area (Å²) >= 11 is 2.43. The number of likely N-dealkylation sites (N-methyl/N-ethyl adjacent to an activating group) is 1. The lowest BCUT2D eigenvalue weighted by Crippen LogP contribution is -1.84. The Kier molecular flexibility index (Phi) is 1.08. The van der Waals surface area contributed by atoms with Gasteiger partial charge in [0.2, 0.25) is 0 Å². The summed E-state index contributed by atoms with van der Waals surface area (Å²) < 4.78 is 0.822. The first kappa shape index (κ1) is 4.84. The van der Waals surface area contributed by atoms with Gasteiger partial charge in [0.05, 0.1) is 4.05 Å². The maximum Gasteiger partial charge on any atom is 0.0774 e. The molecule has 0 saturated carbocycles. The summed E-state index contributed by atoms with van der Waals surface area (Å²) in [5.41, 5.74) is 0. The topological polar surface area (TPSA) is 3.01 Å². The lowest BCUT2D eigenvalue weighted by Gasteiger charge is -1.76. The minimum Gasteiger partial charge on any atom is -0.288 e. The van der Waals surface area contributed by atoms with Crippen molar-refractivity contribution in [2.45, 2.75) is 17.0 Å². The highest BCUT2D eigenvalue weighted by atomic mass is 127. The molecular weight excluding hydrogens is 189 g/mol. The highest BCUT2D eigenvalue weighted by Gasteiger charge is 2.37. The number of alkyl halides is 1. The quantitative estimate of drug-likeness (QED) is 0.243. The first-order valence-electron chi connectivity index (χ1n) is 2.09. The molecule has 1 aliphatic rings. The van der Waals surface area contributed by atoms with Gasteiger partial charge in [-0.05, 0) is 14.0 Å². The molecule has 1 heterocycles. The number of nitrogens with zero attached hydrogens (tertiary/aromatic N) is 1. The molecule has 0 bridgehead atoms. The van der Waals surface area contributed by atoms with Crippen molar-refractivity contribution in [1.29, 1.82) is 0 Å². The molecule has 2 heteroatoms. The second-order valence-electron chi connectivity index (χ2n) is 1.78. The van der Waals surface area contributed by atoms with Crippen LogP contribution < -0.4 is 0 Å². The van der Waals surface area contributed by atoms with E-state index in [0.29, 0.717) is 0 Å². The largest absolute Gasteiger partial charge is 0.288 e. The van der Waals surface area contributed by atoms with E-state index in [1.807, 2.05) is 0 Å². The van der Waals surface area contributed by atoms with E-state index in [2.05, 4.69) is 41.5 Å². The van der Waals surface area contributed by atoms with Crippen LogP contribution in [0.2, 0.25) is 0 Å². The fourth-order valence-electron chi connectivity index (χ4n) is 0.447. The summed E-state index contributed by atoms with van der Waals surface area (Å²) in [6.45, 7) is 2.23. The zero-order valence-electron chi connectivity index (χ0n) is 3.98. The Balaban J connectivity index is 2.31. The van der Waals surface area contributed by atoms with Gasteiger partial charge in [-0.15, -0.1) is 0 Å². The predicted molar refractivity (Wildman–Crippen MR) is 35.0 cm³/mol.